The number of halogens is 3. The summed E-state index contributed by atoms with van der Waals surface area (Å²) in [6.45, 7) is 5.41. The predicted molar refractivity (Wildman–Crippen MR) is 66.2 cm³/mol. The molecule has 0 atom stereocenters. The van der Waals surface area contributed by atoms with E-state index in [1.165, 1.54) is 0 Å². The van der Waals surface area contributed by atoms with Crippen molar-refractivity contribution in [1.82, 2.24) is 4.90 Å². The molecule has 2 aliphatic rings. The lowest BCUT2D eigenvalue weighted by Crippen LogP contribution is -2.43. The largest absolute Gasteiger partial charge is 0.391 e. The number of carbonyl (C=O) groups excluding carboxylic acids is 1. The predicted octanol–water partition coefficient (Wildman–Crippen LogP) is 3.43. The summed E-state index contributed by atoms with van der Waals surface area (Å²) in [7, 11) is 0. The first-order valence-corrected chi connectivity index (χ1v) is 7.06. The van der Waals surface area contributed by atoms with E-state index in [2.05, 4.69) is 6.92 Å². The Morgan fingerprint density at radius 3 is 2.00 bits per heavy atom. The molecule has 2 fully saturated rings. The molecule has 5 heteroatoms. The number of likely N-dealkylation sites (tertiary alicyclic amines) is 1. The van der Waals surface area contributed by atoms with Gasteiger partial charge in [-0.2, -0.15) is 13.2 Å². The lowest BCUT2D eigenvalue weighted by atomic mass is 9.80. The summed E-state index contributed by atoms with van der Waals surface area (Å²) >= 11 is 0. The van der Waals surface area contributed by atoms with Crippen molar-refractivity contribution in [1.29, 1.82) is 0 Å². The molecule has 1 aliphatic heterocycles. The fourth-order valence-electron chi connectivity index (χ4n) is 3.08. The third-order valence-corrected chi connectivity index (χ3v) is 4.47. The van der Waals surface area contributed by atoms with E-state index < -0.39 is 12.1 Å². The lowest BCUT2D eigenvalue weighted by molar-refractivity contribution is -0.185. The Hall–Kier alpha value is -0.740. The summed E-state index contributed by atoms with van der Waals surface area (Å²) in [5.74, 6) is -0.931. The van der Waals surface area contributed by atoms with Crippen molar-refractivity contribution >= 4 is 5.91 Å². The third-order valence-electron chi connectivity index (χ3n) is 4.47. The summed E-state index contributed by atoms with van der Waals surface area (Å²) in [5.41, 5.74) is 0. The van der Waals surface area contributed by atoms with Crippen LogP contribution < -0.4 is 0 Å². The molecule has 0 aromatic rings. The zero-order valence-electron chi connectivity index (χ0n) is 11.1. The SMILES string of the molecule is [CH2]C1CCN(C(=O)C2CCC(C(F)(F)F)CC2)CC1. The maximum Gasteiger partial charge on any atom is 0.391 e. The molecule has 0 aromatic carbocycles. The van der Waals surface area contributed by atoms with E-state index in [0.29, 0.717) is 31.8 Å². The number of rotatable bonds is 1. The van der Waals surface area contributed by atoms with Crippen molar-refractivity contribution < 1.29 is 18.0 Å². The molecule has 0 aromatic heterocycles. The third kappa shape index (κ3) is 3.63. The molecule has 1 amide bonds. The number of nitrogens with zero attached hydrogens (tertiary/aromatic N) is 1. The number of hydrogen-bond donors (Lipinski definition) is 0. The van der Waals surface area contributed by atoms with Gasteiger partial charge in [0.15, 0.2) is 0 Å². The minimum atomic E-state index is -4.10. The molecule has 1 saturated carbocycles. The second kappa shape index (κ2) is 5.71. The molecule has 1 heterocycles. The Balaban J connectivity index is 1.82. The van der Waals surface area contributed by atoms with E-state index in [9.17, 15) is 18.0 Å². The molecule has 109 valence electrons. The summed E-state index contributed by atoms with van der Waals surface area (Å²) in [6.07, 6.45) is -1.31. The van der Waals surface area contributed by atoms with Crippen LogP contribution in [0.2, 0.25) is 0 Å². The first-order chi connectivity index (χ1) is 8.88. The Morgan fingerprint density at radius 1 is 1.00 bits per heavy atom. The van der Waals surface area contributed by atoms with Gasteiger partial charge in [0.25, 0.3) is 0 Å². The van der Waals surface area contributed by atoms with Gasteiger partial charge in [-0.1, -0.05) is 6.92 Å². The minimum Gasteiger partial charge on any atom is -0.342 e. The molecule has 19 heavy (non-hydrogen) atoms. The zero-order valence-corrected chi connectivity index (χ0v) is 11.1. The summed E-state index contributed by atoms with van der Waals surface area (Å²) < 4.78 is 37.7. The second-order valence-corrected chi connectivity index (χ2v) is 5.86. The van der Waals surface area contributed by atoms with E-state index in [1.807, 2.05) is 4.90 Å². The van der Waals surface area contributed by atoms with Crippen LogP contribution in [0.15, 0.2) is 0 Å². The van der Waals surface area contributed by atoms with Crippen LogP contribution in [0.5, 0.6) is 0 Å². The summed E-state index contributed by atoms with van der Waals surface area (Å²) in [6, 6.07) is 0. The fourth-order valence-corrected chi connectivity index (χ4v) is 3.08. The highest BCUT2D eigenvalue weighted by atomic mass is 19.4. The minimum absolute atomic E-state index is 0.0625. The number of amides is 1. The van der Waals surface area contributed by atoms with Crippen molar-refractivity contribution in [2.45, 2.75) is 44.7 Å². The normalized spacial score (nSPS) is 30.4. The average molecular weight is 276 g/mol. The molecule has 0 bridgehead atoms. The Kier molecular flexibility index (Phi) is 4.41. The van der Waals surface area contributed by atoms with Crippen molar-refractivity contribution in [3.05, 3.63) is 6.92 Å². The van der Waals surface area contributed by atoms with Gasteiger partial charge in [0, 0.05) is 19.0 Å². The maximum absolute atomic E-state index is 12.6. The van der Waals surface area contributed by atoms with Gasteiger partial charge >= 0.3 is 6.18 Å². The molecule has 2 nitrogen and oxygen atoms in total. The topological polar surface area (TPSA) is 20.3 Å². The molecule has 1 aliphatic carbocycles. The molecule has 0 unspecified atom stereocenters. The van der Waals surface area contributed by atoms with Crippen LogP contribution in [-0.4, -0.2) is 30.1 Å². The smallest absolute Gasteiger partial charge is 0.342 e. The van der Waals surface area contributed by atoms with Crippen LogP contribution in [0.25, 0.3) is 0 Å². The highest BCUT2D eigenvalue weighted by Gasteiger charge is 2.43. The van der Waals surface area contributed by atoms with E-state index in [4.69, 9.17) is 0 Å². The van der Waals surface area contributed by atoms with Crippen LogP contribution >= 0.6 is 0 Å². The van der Waals surface area contributed by atoms with Gasteiger partial charge in [0.1, 0.15) is 0 Å². The first-order valence-electron chi connectivity index (χ1n) is 7.06. The maximum atomic E-state index is 12.6. The molecule has 1 saturated heterocycles. The highest BCUT2D eigenvalue weighted by Crippen LogP contribution is 2.40. The number of piperidine rings is 1. The van der Waals surface area contributed by atoms with Gasteiger partial charge in [-0.3, -0.25) is 4.79 Å². The van der Waals surface area contributed by atoms with Gasteiger partial charge in [-0.25, -0.2) is 0 Å². The van der Waals surface area contributed by atoms with Crippen LogP contribution in [0.4, 0.5) is 13.2 Å². The van der Waals surface area contributed by atoms with E-state index in [-0.39, 0.29) is 24.7 Å². The molecule has 0 spiro atoms. The average Bonchev–Trinajstić information content (AvgIpc) is 2.38. The number of carbonyl (C=O) groups is 1. The van der Waals surface area contributed by atoms with Gasteiger partial charge in [0.2, 0.25) is 5.91 Å². The van der Waals surface area contributed by atoms with Gasteiger partial charge in [0.05, 0.1) is 5.92 Å². The molecule has 0 N–H and O–H groups in total. The van der Waals surface area contributed by atoms with Gasteiger partial charge in [-0.05, 0) is 44.4 Å². The van der Waals surface area contributed by atoms with E-state index in [0.717, 1.165) is 12.8 Å². The standard InChI is InChI=1S/C14H21F3NO/c1-10-6-8-18(9-7-10)13(19)11-2-4-12(5-3-11)14(15,16)17/h10-12H,1-9H2. The second-order valence-electron chi connectivity index (χ2n) is 5.86. The first kappa shape index (κ1) is 14.7. The zero-order chi connectivity index (χ0) is 14.0. The molecular formula is C14H21F3NO. The fraction of sp³-hybridized carbons (Fsp3) is 0.857. The summed E-state index contributed by atoms with van der Waals surface area (Å²) in [4.78, 5) is 14.1. The Bertz CT molecular complexity index is 313. The number of alkyl halides is 3. The van der Waals surface area contributed by atoms with Crippen molar-refractivity contribution in [2.24, 2.45) is 17.8 Å². The lowest BCUT2D eigenvalue weighted by Gasteiger charge is -2.35. The molecular weight excluding hydrogens is 255 g/mol. The summed E-state index contributed by atoms with van der Waals surface area (Å²) in [5, 5.41) is 0. The van der Waals surface area contributed by atoms with Crippen molar-refractivity contribution in [2.75, 3.05) is 13.1 Å². The van der Waals surface area contributed by atoms with Gasteiger partial charge < -0.3 is 4.90 Å². The molecule has 2 rings (SSSR count). The van der Waals surface area contributed by atoms with E-state index in [1.54, 1.807) is 0 Å². The Morgan fingerprint density at radius 2 is 1.53 bits per heavy atom. The van der Waals surface area contributed by atoms with Crippen molar-refractivity contribution in [3.63, 3.8) is 0 Å². The number of hydrogen-bond acceptors (Lipinski definition) is 1. The Labute approximate surface area is 112 Å². The monoisotopic (exact) mass is 276 g/mol. The van der Waals surface area contributed by atoms with Crippen LogP contribution in [-0.2, 0) is 4.79 Å². The van der Waals surface area contributed by atoms with Crippen molar-refractivity contribution in [3.8, 4) is 0 Å². The highest BCUT2D eigenvalue weighted by molar-refractivity contribution is 5.79. The van der Waals surface area contributed by atoms with E-state index >= 15 is 0 Å². The molecule has 1 radical (unpaired) electrons. The van der Waals surface area contributed by atoms with Crippen LogP contribution in [0.3, 0.4) is 0 Å². The quantitative estimate of drug-likeness (QED) is 0.718. The van der Waals surface area contributed by atoms with Crippen LogP contribution in [0, 0.1) is 24.7 Å². The van der Waals surface area contributed by atoms with Crippen LogP contribution in [0.1, 0.15) is 38.5 Å². The van der Waals surface area contributed by atoms with Gasteiger partial charge in [-0.15, -0.1) is 0 Å².